The van der Waals surface area contributed by atoms with Crippen LogP contribution in [-0.4, -0.2) is 56.5 Å². The molecule has 0 unspecified atom stereocenters. The van der Waals surface area contributed by atoms with Gasteiger partial charge >= 0.3 is 6.09 Å². The zero-order valence-corrected chi connectivity index (χ0v) is 11.8. The molecule has 1 aromatic rings. The molecule has 110 valence electrons. The molecule has 1 N–H and O–H groups in total. The lowest BCUT2D eigenvalue weighted by Crippen LogP contribution is -2.34. The summed E-state index contributed by atoms with van der Waals surface area (Å²) < 4.78 is 10.5. The lowest BCUT2D eigenvalue weighted by Gasteiger charge is -2.24. The monoisotopic (exact) mass is 280 g/mol. The number of nitrogens with zero attached hydrogens (tertiary/aromatic N) is 2. The van der Waals surface area contributed by atoms with E-state index in [-0.39, 0.29) is 0 Å². The molecule has 0 atom stereocenters. The van der Waals surface area contributed by atoms with Crippen molar-refractivity contribution in [2.24, 2.45) is 0 Å². The maximum absolute atomic E-state index is 11.0. The standard InChI is InChI=1S/C14H20N2O4/c1-19-12-8-11(9-13(10-12)20-2)15-4-3-5-16(7-6-15)14(17)18/h8-10H,3-7H2,1-2H3,(H,17,18). The van der Waals surface area contributed by atoms with Crippen LogP contribution >= 0.6 is 0 Å². The van der Waals surface area contributed by atoms with Crippen molar-refractivity contribution in [3.8, 4) is 11.5 Å². The smallest absolute Gasteiger partial charge is 0.407 e. The normalized spacial score (nSPS) is 15.7. The van der Waals surface area contributed by atoms with Gasteiger partial charge in [-0.25, -0.2) is 4.79 Å². The summed E-state index contributed by atoms with van der Waals surface area (Å²) in [7, 11) is 3.24. The number of carboxylic acid groups (broad SMARTS) is 1. The Labute approximate surface area is 118 Å². The van der Waals surface area contributed by atoms with Crippen LogP contribution < -0.4 is 14.4 Å². The van der Waals surface area contributed by atoms with Crippen molar-refractivity contribution in [3.63, 3.8) is 0 Å². The van der Waals surface area contributed by atoms with Gasteiger partial charge in [-0.2, -0.15) is 0 Å². The molecule has 0 radical (unpaired) electrons. The minimum atomic E-state index is -0.852. The van der Waals surface area contributed by atoms with Crippen molar-refractivity contribution in [2.45, 2.75) is 6.42 Å². The third kappa shape index (κ3) is 3.26. The second-order valence-electron chi connectivity index (χ2n) is 4.68. The first kappa shape index (κ1) is 14.3. The van der Waals surface area contributed by atoms with E-state index in [1.165, 1.54) is 4.90 Å². The summed E-state index contributed by atoms with van der Waals surface area (Å²) in [6.45, 7) is 2.57. The fourth-order valence-electron chi connectivity index (χ4n) is 2.34. The van der Waals surface area contributed by atoms with E-state index >= 15 is 0 Å². The number of hydrogen-bond donors (Lipinski definition) is 1. The molecule has 0 aromatic heterocycles. The highest BCUT2D eigenvalue weighted by atomic mass is 16.5. The number of anilines is 1. The van der Waals surface area contributed by atoms with Gasteiger partial charge in [-0.05, 0) is 6.42 Å². The van der Waals surface area contributed by atoms with Crippen molar-refractivity contribution < 1.29 is 19.4 Å². The first-order valence-electron chi connectivity index (χ1n) is 6.60. The van der Waals surface area contributed by atoms with Gasteiger partial charge in [0.25, 0.3) is 0 Å². The predicted molar refractivity (Wildman–Crippen MR) is 76.0 cm³/mol. The average molecular weight is 280 g/mol. The number of carbonyl (C=O) groups is 1. The van der Waals surface area contributed by atoms with E-state index in [2.05, 4.69) is 4.90 Å². The maximum atomic E-state index is 11.0. The van der Waals surface area contributed by atoms with E-state index in [0.717, 1.165) is 30.2 Å². The molecule has 1 aliphatic rings. The molecule has 1 heterocycles. The second kappa shape index (κ2) is 6.36. The third-order valence-corrected chi connectivity index (χ3v) is 3.47. The largest absolute Gasteiger partial charge is 0.497 e. The summed E-state index contributed by atoms with van der Waals surface area (Å²) in [6.07, 6.45) is -0.0404. The van der Waals surface area contributed by atoms with E-state index in [1.54, 1.807) is 14.2 Å². The molecule has 20 heavy (non-hydrogen) atoms. The number of benzene rings is 1. The van der Waals surface area contributed by atoms with E-state index < -0.39 is 6.09 Å². The highest BCUT2D eigenvalue weighted by Gasteiger charge is 2.19. The third-order valence-electron chi connectivity index (χ3n) is 3.47. The van der Waals surface area contributed by atoms with Gasteiger partial charge < -0.3 is 24.4 Å². The zero-order valence-electron chi connectivity index (χ0n) is 11.8. The van der Waals surface area contributed by atoms with Crippen LogP contribution in [0.4, 0.5) is 10.5 Å². The lowest BCUT2D eigenvalue weighted by molar-refractivity contribution is 0.148. The van der Waals surface area contributed by atoms with Gasteiger partial charge in [0.1, 0.15) is 11.5 Å². The Morgan fingerprint density at radius 3 is 2.25 bits per heavy atom. The predicted octanol–water partition coefficient (Wildman–Crippen LogP) is 1.89. The molecular formula is C14H20N2O4. The SMILES string of the molecule is COc1cc(OC)cc(N2CCCN(C(=O)O)CC2)c1. The first-order chi connectivity index (χ1) is 9.63. The second-order valence-corrected chi connectivity index (χ2v) is 4.68. The summed E-state index contributed by atoms with van der Waals surface area (Å²) in [5.74, 6) is 1.47. The summed E-state index contributed by atoms with van der Waals surface area (Å²) in [5.41, 5.74) is 0.994. The van der Waals surface area contributed by atoms with Crippen LogP contribution in [0.3, 0.4) is 0 Å². The van der Waals surface area contributed by atoms with Crippen LogP contribution in [0.1, 0.15) is 6.42 Å². The van der Waals surface area contributed by atoms with E-state index in [1.807, 2.05) is 18.2 Å². The minimum Gasteiger partial charge on any atom is -0.497 e. The van der Waals surface area contributed by atoms with E-state index in [0.29, 0.717) is 19.6 Å². The molecular weight excluding hydrogens is 260 g/mol. The van der Waals surface area contributed by atoms with Gasteiger partial charge in [0.2, 0.25) is 0 Å². The highest BCUT2D eigenvalue weighted by Crippen LogP contribution is 2.29. The van der Waals surface area contributed by atoms with Gasteiger partial charge in [0.05, 0.1) is 14.2 Å². The Hall–Kier alpha value is -2.11. The van der Waals surface area contributed by atoms with Gasteiger partial charge in [0, 0.05) is 50.1 Å². The number of amides is 1. The van der Waals surface area contributed by atoms with Gasteiger partial charge in [0.15, 0.2) is 0 Å². The van der Waals surface area contributed by atoms with Crippen molar-refractivity contribution in [1.82, 2.24) is 4.90 Å². The molecule has 6 nitrogen and oxygen atoms in total. The molecule has 1 saturated heterocycles. The molecule has 1 fully saturated rings. The van der Waals surface area contributed by atoms with Crippen LogP contribution in [0.2, 0.25) is 0 Å². The summed E-state index contributed by atoms with van der Waals surface area (Å²) >= 11 is 0. The van der Waals surface area contributed by atoms with Gasteiger partial charge in [-0.15, -0.1) is 0 Å². The van der Waals surface area contributed by atoms with E-state index in [4.69, 9.17) is 14.6 Å². The molecule has 1 aromatic carbocycles. The van der Waals surface area contributed by atoms with Crippen LogP contribution in [0, 0.1) is 0 Å². The molecule has 1 amide bonds. The zero-order chi connectivity index (χ0) is 14.5. The first-order valence-corrected chi connectivity index (χ1v) is 6.60. The molecule has 0 spiro atoms. The molecule has 6 heteroatoms. The van der Waals surface area contributed by atoms with Gasteiger partial charge in [-0.1, -0.05) is 0 Å². The summed E-state index contributed by atoms with van der Waals surface area (Å²) in [6, 6.07) is 5.71. The highest BCUT2D eigenvalue weighted by molar-refractivity contribution is 5.65. The molecule has 1 aliphatic heterocycles. The summed E-state index contributed by atoms with van der Waals surface area (Å²) in [4.78, 5) is 14.6. The lowest BCUT2D eigenvalue weighted by atomic mass is 10.2. The molecule has 0 aliphatic carbocycles. The average Bonchev–Trinajstić information content (AvgIpc) is 2.72. The van der Waals surface area contributed by atoms with E-state index in [9.17, 15) is 4.79 Å². The minimum absolute atomic E-state index is 0.509. The van der Waals surface area contributed by atoms with Crippen molar-refractivity contribution >= 4 is 11.8 Å². The molecule has 0 saturated carbocycles. The fraction of sp³-hybridized carbons (Fsp3) is 0.500. The Morgan fingerprint density at radius 2 is 1.70 bits per heavy atom. The Balaban J connectivity index is 2.16. The van der Waals surface area contributed by atoms with Crippen molar-refractivity contribution in [3.05, 3.63) is 18.2 Å². The maximum Gasteiger partial charge on any atom is 0.407 e. The van der Waals surface area contributed by atoms with Gasteiger partial charge in [-0.3, -0.25) is 0 Å². The fourth-order valence-corrected chi connectivity index (χ4v) is 2.34. The Kier molecular flexibility index (Phi) is 4.55. The van der Waals surface area contributed by atoms with Crippen molar-refractivity contribution in [2.75, 3.05) is 45.3 Å². The topological polar surface area (TPSA) is 62.2 Å². The van der Waals surface area contributed by atoms with Crippen LogP contribution in [0.25, 0.3) is 0 Å². The van der Waals surface area contributed by atoms with Crippen molar-refractivity contribution in [1.29, 1.82) is 0 Å². The van der Waals surface area contributed by atoms with Crippen LogP contribution in [0.15, 0.2) is 18.2 Å². The quantitative estimate of drug-likeness (QED) is 0.916. The number of methoxy groups -OCH3 is 2. The number of rotatable bonds is 3. The van der Waals surface area contributed by atoms with Crippen LogP contribution in [0.5, 0.6) is 11.5 Å². The number of ether oxygens (including phenoxy) is 2. The Morgan fingerprint density at radius 1 is 1.05 bits per heavy atom. The Bertz CT molecular complexity index is 456. The van der Waals surface area contributed by atoms with Crippen LogP contribution in [-0.2, 0) is 0 Å². The number of hydrogen-bond acceptors (Lipinski definition) is 4. The molecule has 0 bridgehead atoms. The molecule has 2 rings (SSSR count). The summed E-state index contributed by atoms with van der Waals surface area (Å²) in [5, 5.41) is 9.05.